The van der Waals surface area contributed by atoms with Gasteiger partial charge in [0.25, 0.3) is 5.91 Å². The highest BCUT2D eigenvalue weighted by Crippen LogP contribution is 2.31. The second-order valence-electron chi connectivity index (χ2n) is 9.51. The van der Waals surface area contributed by atoms with Crippen LogP contribution in [0.1, 0.15) is 27.2 Å². The molecule has 1 aromatic heterocycles. The van der Waals surface area contributed by atoms with Crippen molar-refractivity contribution in [3.8, 4) is 17.2 Å². The molecule has 0 radical (unpaired) electrons. The van der Waals surface area contributed by atoms with E-state index in [1.807, 2.05) is 34.9 Å². The summed E-state index contributed by atoms with van der Waals surface area (Å²) < 4.78 is 46.4. The Bertz CT molecular complexity index is 1660. The number of carbonyl (C=O) groups excluding carboxylic acids is 1. The zero-order chi connectivity index (χ0) is 28.8. The Hall–Kier alpha value is -4.85. The van der Waals surface area contributed by atoms with Gasteiger partial charge in [0, 0.05) is 24.0 Å². The zero-order valence-electron chi connectivity index (χ0n) is 22.8. The summed E-state index contributed by atoms with van der Waals surface area (Å²) in [4.78, 5) is 13.5. The van der Waals surface area contributed by atoms with E-state index in [1.54, 1.807) is 56.7 Å². The zero-order valence-corrected chi connectivity index (χ0v) is 22.8. The minimum Gasteiger partial charge on any atom is -0.493 e. The maximum Gasteiger partial charge on any atom is 0.267 e. The molecule has 6 nitrogen and oxygen atoms in total. The summed E-state index contributed by atoms with van der Waals surface area (Å²) in [5, 5.41) is 3.73. The molecule has 8 heteroatoms. The second kappa shape index (κ2) is 12.6. The number of amides is 1. The van der Waals surface area contributed by atoms with Crippen LogP contribution in [-0.4, -0.2) is 31.2 Å². The molecule has 5 rings (SSSR count). The fraction of sp³-hybridized carbons (Fsp3) is 0.182. The lowest BCUT2D eigenvalue weighted by molar-refractivity contribution is 0.0945. The molecule has 1 heterocycles. The summed E-state index contributed by atoms with van der Waals surface area (Å²) >= 11 is 0. The van der Waals surface area contributed by atoms with Gasteiger partial charge in [0.15, 0.2) is 11.5 Å². The molecular weight excluding hydrogens is 526 g/mol. The maximum atomic E-state index is 14.2. The van der Waals surface area contributed by atoms with Gasteiger partial charge in [-0.3, -0.25) is 4.79 Å². The molecular formula is C33H30F2N2O4. The highest BCUT2D eigenvalue weighted by atomic mass is 19.1. The van der Waals surface area contributed by atoms with Gasteiger partial charge in [-0.2, -0.15) is 0 Å². The van der Waals surface area contributed by atoms with Gasteiger partial charge >= 0.3 is 0 Å². The molecule has 0 aliphatic heterocycles. The Morgan fingerprint density at radius 1 is 0.805 bits per heavy atom. The van der Waals surface area contributed by atoms with E-state index in [0.29, 0.717) is 48.0 Å². The van der Waals surface area contributed by atoms with Crippen molar-refractivity contribution >= 4 is 16.8 Å². The highest BCUT2D eigenvalue weighted by molar-refractivity contribution is 6.00. The number of hydrogen-bond donors (Lipinski definition) is 1. The van der Waals surface area contributed by atoms with Crippen molar-refractivity contribution in [2.45, 2.75) is 19.6 Å². The number of aromatic nitrogens is 1. The average Bonchev–Trinajstić information content (AvgIpc) is 3.36. The first-order valence-corrected chi connectivity index (χ1v) is 13.2. The Morgan fingerprint density at radius 2 is 1.56 bits per heavy atom. The monoisotopic (exact) mass is 556 g/mol. The van der Waals surface area contributed by atoms with Gasteiger partial charge in [-0.05, 0) is 66.1 Å². The van der Waals surface area contributed by atoms with Crippen molar-refractivity contribution in [3.05, 3.63) is 125 Å². The second-order valence-corrected chi connectivity index (χ2v) is 9.51. The first-order chi connectivity index (χ1) is 20.0. The Morgan fingerprint density at radius 3 is 2.32 bits per heavy atom. The Kier molecular flexibility index (Phi) is 8.48. The molecule has 0 unspecified atom stereocenters. The number of hydrogen-bond acceptors (Lipinski definition) is 4. The number of rotatable bonds is 11. The molecule has 41 heavy (non-hydrogen) atoms. The van der Waals surface area contributed by atoms with Crippen LogP contribution in [0, 0.1) is 11.6 Å². The van der Waals surface area contributed by atoms with Crippen LogP contribution in [0.3, 0.4) is 0 Å². The lowest BCUT2D eigenvalue weighted by Gasteiger charge is -2.13. The number of ether oxygens (including phenoxy) is 3. The molecule has 0 atom stereocenters. The standard InChI is InChI=1S/C33H30F2N2O4/c1-39-31-15-12-22(18-32(31)40-2)16-17-36-33(38)29-19-26-28(37(29)20-23-10-13-25(34)14-11-23)8-5-9-30(26)41-21-24-6-3-4-7-27(24)35/h3-15,18-19H,16-17,20-21H2,1-2H3,(H,36,38). The molecule has 1 amide bonds. The third-order valence-electron chi connectivity index (χ3n) is 6.88. The lowest BCUT2D eigenvalue weighted by Crippen LogP contribution is -2.28. The number of carbonyl (C=O) groups is 1. The van der Waals surface area contributed by atoms with Crippen molar-refractivity contribution in [1.82, 2.24) is 9.88 Å². The number of benzene rings is 4. The van der Waals surface area contributed by atoms with Gasteiger partial charge in [-0.1, -0.05) is 42.5 Å². The first-order valence-electron chi connectivity index (χ1n) is 13.2. The third kappa shape index (κ3) is 6.32. The SMILES string of the molecule is COc1ccc(CCNC(=O)c2cc3c(OCc4ccccc4F)cccc3n2Cc2ccc(F)cc2)cc1OC. The predicted molar refractivity (Wildman–Crippen MR) is 154 cm³/mol. The molecule has 0 fully saturated rings. The van der Waals surface area contributed by atoms with Crippen LogP contribution in [0.5, 0.6) is 17.2 Å². The first kappa shape index (κ1) is 27.7. The summed E-state index contributed by atoms with van der Waals surface area (Å²) in [6, 6.07) is 25.6. The van der Waals surface area contributed by atoms with Crippen molar-refractivity contribution < 1.29 is 27.8 Å². The molecule has 4 aromatic carbocycles. The van der Waals surface area contributed by atoms with E-state index >= 15 is 0 Å². The fourth-order valence-electron chi connectivity index (χ4n) is 4.73. The molecule has 0 bridgehead atoms. The highest BCUT2D eigenvalue weighted by Gasteiger charge is 2.19. The van der Waals surface area contributed by atoms with Gasteiger partial charge in [-0.25, -0.2) is 8.78 Å². The average molecular weight is 557 g/mol. The Labute approximate surface area is 237 Å². The topological polar surface area (TPSA) is 61.7 Å². The molecule has 210 valence electrons. The van der Waals surface area contributed by atoms with E-state index in [4.69, 9.17) is 14.2 Å². The minimum atomic E-state index is -0.344. The summed E-state index contributed by atoms with van der Waals surface area (Å²) in [5.74, 6) is 0.857. The fourth-order valence-corrected chi connectivity index (χ4v) is 4.73. The van der Waals surface area contributed by atoms with Crippen LogP contribution in [0.2, 0.25) is 0 Å². The van der Waals surface area contributed by atoms with E-state index in [2.05, 4.69) is 5.32 Å². The normalized spacial score (nSPS) is 10.9. The molecule has 1 N–H and O–H groups in total. The molecule has 5 aromatic rings. The van der Waals surface area contributed by atoms with E-state index < -0.39 is 0 Å². The lowest BCUT2D eigenvalue weighted by atomic mass is 10.1. The van der Waals surface area contributed by atoms with Gasteiger partial charge in [0.2, 0.25) is 0 Å². The van der Waals surface area contributed by atoms with Crippen molar-refractivity contribution in [2.75, 3.05) is 20.8 Å². The van der Waals surface area contributed by atoms with Crippen molar-refractivity contribution in [2.24, 2.45) is 0 Å². The molecule has 0 spiro atoms. The number of nitrogens with one attached hydrogen (secondary N) is 1. The summed E-state index contributed by atoms with van der Waals surface area (Å²) in [7, 11) is 3.16. The summed E-state index contributed by atoms with van der Waals surface area (Å²) in [5.41, 5.74) is 3.45. The third-order valence-corrected chi connectivity index (χ3v) is 6.88. The van der Waals surface area contributed by atoms with Gasteiger partial charge < -0.3 is 24.1 Å². The van der Waals surface area contributed by atoms with Crippen LogP contribution in [0.15, 0.2) is 91.0 Å². The van der Waals surface area contributed by atoms with Crippen LogP contribution in [-0.2, 0) is 19.6 Å². The van der Waals surface area contributed by atoms with Crippen LogP contribution in [0.4, 0.5) is 8.78 Å². The van der Waals surface area contributed by atoms with Crippen molar-refractivity contribution in [1.29, 1.82) is 0 Å². The van der Waals surface area contributed by atoms with Crippen molar-refractivity contribution in [3.63, 3.8) is 0 Å². The van der Waals surface area contributed by atoms with E-state index in [0.717, 1.165) is 22.0 Å². The van der Waals surface area contributed by atoms with Crippen LogP contribution in [0.25, 0.3) is 10.9 Å². The van der Waals surface area contributed by atoms with Gasteiger partial charge in [-0.15, -0.1) is 0 Å². The van der Waals surface area contributed by atoms with E-state index in [1.165, 1.54) is 18.2 Å². The predicted octanol–water partition coefficient (Wildman–Crippen LogP) is 6.54. The largest absolute Gasteiger partial charge is 0.493 e. The van der Waals surface area contributed by atoms with E-state index in [-0.39, 0.29) is 24.1 Å². The van der Waals surface area contributed by atoms with Gasteiger partial charge in [0.05, 0.1) is 19.7 Å². The summed E-state index contributed by atoms with van der Waals surface area (Å²) in [6.07, 6.45) is 0.585. The summed E-state index contributed by atoms with van der Waals surface area (Å²) in [6.45, 7) is 0.782. The molecule has 0 saturated carbocycles. The van der Waals surface area contributed by atoms with Crippen LogP contribution < -0.4 is 19.5 Å². The number of methoxy groups -OCH3 is 2. The van der Waals surface area contributed by atoms with E-state index in [9.17, 15) is 13.6 Å². The van der Waals surface area contributed by atoms with Crippen LogP contribution >= 0.6 is 0 Å². The quantitative estimate of drug-likeness (QED) is 0.201. The molecule has 0 saturated heterocycles. The number of fused-ring (bicyclic) bond motifs is 1. The smallest absolute Gasteiger partial charge is 0.267 e. The number of nitrogens with zero attached hydrogens (tertiary/aromatic N) is 1. The van der Waals surface area contributed by atoms with Gasteiger partial charge in [0.1, 0.15) is 29.7 Å². The number of halogens is 2. The molecule has 0 aliphatic rings. The Balaban J connectivity index is 1.41. The molecule has 0 aliphatic carbocycles. The minimum absolute atomic E-state index is 0.0434. The maximum absolute atomic E-state index is 14.2.